The van der Waals surface area contributed by atoms with Crippen LogP contribution in [-0.2, 0) is 9.59 Å². The molecule has 5 nitrogen and oxygen atoms in total. The number of aliphatic carboxylic acids is 1. The van der Waals surface area contributed by atoms with Gasteiger partial charge in [-0.3, -0.25) is 9.59 Å². The fourth-order valence-corrected chi connectivity index (χ4v) is 6.02. The molecule has 39 heavy (non-hydrogen) atoms. The Kier molecular flexibility index (Phi) is 8.38. The minimum atomic E-state index is -0.960. The van der Waals surface area contributed by atoms with E-state index < -0.39 is 11.9 Å². The van der Waals surface area contributed by atoms with Crippen molar-refractivity contribution in [1.82, 2.24) is 10.2 Å². The van der Waals surface area contributed by atoms with Crippen LogP contribution in [0.15, 0.2) is 103 Å². The van der Waals surface area contributed by atoms with Gasteiger partial charge in [0, 0.05) is 25.0 Å². The number of nitrogens with one attached hydrogen (secondary N) is 1. The summed E-state index contributed by atoms with van der Waals surface area (Å²) in [6.45, 7) is 4.26. The van der Waals surface area contributed by atoms with E-state index in [0.717, 1.165) is 18.5 Å². The number of likely N-dealkylation sites (tertiary alicyclic amines) is 1. The number of rotatable bonds is 9. The summed E-state index contributed by atoms with van der Waals surface area (Å²) in [5.41, 5.74) is 3.26. The number of hydrogen-bond acceptors (Lipinski definition) is 3. The van der Waals surface area contributed by atoms with E-state index in [4.69, 9.17) is 0 Å². The standard InChI is InChI=1S/C34H36N2O3/c1-24(29-18-10-16-25-15-8-9-17-30(25)29)35-22-28-19-20-36(23-32(28)27-13-6-3-7-14-27)34(39)31(21-33(37)38)26-11-4-2-5-12-26/h2-18,24,28,31-32,35H,19-23H2,1H3,(H,37,38)/t24-,28?,31?,32?/m1/s1. The lowest BCUT2D eigenvalue weighted by Crippen LogP contribution is -2.47. The predicted octanol–water partition coefficient (Wildman–Crippen LogP) is 6.38. The highest BCUT2D eigenvalue weighted by Crippen LogP contribution is 2.35. The molecule has 1 aliphatic rings. The second-order valence-corrected chi connectivity index (χ2v) is 10.6. The average Bonchev–Trinajstić information content (AvgIpc) is 2.98. The van der Waals surface area contributed by atoms with Gasteiger partial charge in [0.05, 0.1) is 12.3 Å². The fourth-order valence-electron chi connectivity index (χ4n) is 6.02. The smallest absolute Gasteiger partial charge is 0.304 e. The number of carboxylic acid groups (broad SMARTS) is 1. The van der Waals surface area contributed by atoms with Gasteiger partial charge < -0.3 is 15.3 Å². The summed E-state index contributed by atoms with van der Waals surface area (Å²) in [6.07, 6.45) is 0.651. The maximum atomic E-state index is 13.7. The van der Waals surface area contributed by atoms with Crippen molar-refractivity contribution >= 4 is 22.6 Å². The van der Waals surface area contributed by atoms with Gasteiger partial charge in [0.1, 0.15) is 0 Å². The number of carbonyl (C=O) groups excluding carboxylic acids is 1. The third-order valence-corrected chi connectivity index (χ3v) is 8.15. The second kappa shape index (κ2) is 12.3. The molecule has 1 fully saturated rings. The van der Waals surface area contributed by atoms with Gasteiger partial charge in [0.25, 0.3) is 0 Å². The topological polar surface area (TPSA) is 69.6 Å². The summed E-state index contributed by atoms with van der Waals surface area (Å²) in [4.78, 5) is 27.3. The molecular weight excluding hydrogens is 484 g/mol. The third kappa shape index (κ3) is 6.21. The first-order valence-electron chi connectivity index (χ1n) is 13.8. The highest BCUT2D eigenvalue weighted by Gasteiger charge is 2.36. The zero-order valence-corrected chi connectivity index (χ0v) is 22.4. The van der Waals surface area contributed by atoms with E-state index in [-0.39, 0.29) is 24.3 Å². The van der Waals surface area contributed by atoms with E-state index in [1.165, 1.54) is 21.9 Å². The van der Waals surface area contributed by atoms with Gasteiger partial charge >= 0.3 is 5.97 Å². The highest BCUT2D eigenvalue weighted by atomic mass is 16.4. The molecule has 1 amide bonds. The minimum Gasteiger partial charge on any atom is -0.481 e. The van der Waals surface area contributed by atoms with Crippen LogP contribution >= 0.6 is 0 Å². The first-order chi connectivity index (χ1) is 19.0. The Bertz CT molecular complexity index is 1400. The summed E-state index contributed by atoms with van der Waals surface area (Å²) in [6, 6.07) is 34.9. The number of nitrogens with zero attached hydrogens (tertiary/aromatic N) is 1. The maximum Gasteiger partial charge on any atom is 0.304 e. The molecule has 1 heterocycles. The Labute approximate surface area is 230 Å². The lowest BCUT2D eigenvalue weighted by Gasteiger charge is -2.40. The van der Waals surface area contributed by atoms with Crippen LogP contribution in [0, 0.1) is 5.92 Å². The molecule has 5 heteroatoms. The Morgan fingerprint density at radius 1 is 0.897 bits per heavy atom. The van der Waals surface area contributed by atoms with Crippen molar-refractivity contribution < 1.29 is 14.7 Å². The third-order valence-electron chi connectivity index (χ3n) is 8.15. The molecule has 5 rings (SSSR count). The molecule has 4 aromatic carbocycles. The van der Waals surface area contributed by atoms with Gasteiger partial charge in [-0.25, -0.2) is 0 Å². The molecule has 4 atom stereocenters. The van der Waals surface area contributed by atoms with Gasteiger partial charge in [-0.2, -0.15) is 0 Å². The SMILES string of the molecule is C[C@@H](NCC1CCN(C(=O)C(CC(=O)O)c2ccccc2)CC1c1ccccc1)c1cccc2ccccc12. The van der Waals surface area contributed by atoms with Crippen molar-refractivity contribution in [3.05, 3.63) is 120 Å². The lowest BCUT2D eigenvalue weighted by atomic mass is 9.79. The number of carbonyl (C=O) groups is 2. The van der Waals surface area contributed by atoms with Crippen LogP contribution in [0.25, 0.3) is 10.8 Å². The van der Waals surface area contributed by atoms with E-state index in [1.54, 1.807) is 0 Å². The number of amides is 1. The summed E-state index contributed by atoms with van der Waals surface area (Å²) in [7, 11) is 0. The lowest BCUT2D eigenvalue weighted by molar-refractivity contribution is -0.143. The molecule has 0 bridgehead atoms. The van der Waals surface area contributed by atoms with Crippen molar-refractivity contribution in [2.24, 2.45) is 5.92 Å². The van der Waals surface area contributed by atoms with E-state index in [0.29, 0.717) is 19.0 Å². The van der Waals surface area contributed by atoms with Crippen molar-refractivity contribution in [3.8, 4) is 0 Å². The Balaban J connectivity index is 1.34. The van der Waals surface area contributed by atoms with Gasteiger partial charge in [0.2, 0.25) is 5.91 Å². The monoisotopic (exact) mass is 520 g/mol. The molecule has 0 aliphatic carbocycles. The number of benzene rings is 4. The second-order valence-electron chi connectivity index (χ2n) is 10.6. The van der Waals surface area contributed by atoms with Crippen molar-refractivity contribution in [2.45, 2.75) is 37.6 Å². The summed E-state index contributed by atoms with van der Waals surface area (Å²) in [5, 5.41) is 15.9. The number of piperidine rings is 1. The van der Waals surface area contributed by atoms with Crippen LogP contribution in [0.1, 0.15) is 54.3 Å². The Morgan fingerprint density at radius 3 is 2.31 bits per heavy atom. The molecule has 3 unspecified atom stereocenters. The Hall–Kier alpha value is -3.96. The largest absolute Gasteiger partial charge is 0.481 e. The first-order valence-corrected chi connectivity index (χ1v) is 13.8. The fraction of sp³-hybridized carbons (Fsp3) is 0.294. The normalized spacial score (nSPS) is 18.9. The number of hydrogen-bond donors (Lipinski definition) is 2. The molecule has 0 aromatic heterocycles. The van der Waals surface area contributed by atoms with Gasteiger partial charge in [-0.15, -0.1) is 0 Å². The first kappa shape index (κ1) is 26.6. The molecule has 0 radical (unpaired) electrons. The molecule has 2 N–H and O–H groups in total. The molecule has 0 saturated carbocycles. The van der Waals surface area contributed by atoms with Gasteiger partial charge in [-0.05, 0) is 53.3 Å². The quantitative estimate of drug-likeness (QED) is 0.269. The number of carboxylic acids is 1. The van der Waals surface area contributed by atoms with E-state index in [2.05, 4.69) is 79.0 Å². The molecular formula is C34H36N2O3. The minimum absolute atomic E-state index is 0.0972. The molecule has 0 spiro atoms. The van der Waals surface area contributed by atoms with E-state index >= 15 is 0 Å². The summed E-state index contributed by atoms with van der Waals surface area (Å²) in [5.74, 6) is -1.22. The van der Waals surface area contributed by atoms with Crippen molar-refractivity contribution in [2.75, 3.05) is 19.6 Å². The average molecular weight is 521 g/mol. The zero-order valence-electron chi connectivity index (χ0n) is 22.4. The summed E-state index contributed by atoms with van der Waals surface area (Å²) >= 11 is 0. The van der Waals surface area contributed by atoms with Crippen molar-refractivity contribution in [3.63, 3.8) is 0 Å². The summed E-state index contributed by atoms with van der Waals surface area (Å²) < 4.78 is 0. The van der Waals surface area contributed by atoms with Crippen LogP contribution in [0.4, 0.5) is 0 Å². The molecule has 4 aromatic rings. The van der Waals surface area contributed by atoms with Gasteiger partial charge in [-0.1, -0.05) is 103 Å². The van der Waals surface area contributed by atoms with Crippen LogP contribution < -0.4 is 5.32 Å². The van der Waals surface area contributed by atoms with E-state index in [1.807, 2.05) is 41.3 Å². The predicted molar refractivity (Wildman–Crippen MR) is 156 cm³/mol. The van der Waals surface area contributed by atoms with Crippen LogP contribution in [0.2, 0.25) is 0 Å². The molecule has 1 saturated heterocycles. The number of fused-ring (bicyclic) bond motifs is 1. The van der Waals surface area contributed by atoms with Crippen LogP contribution in [0.3, 0.4) is 0 Å². The Morgan fingerprint density at radius 2 is 1.56 bits per heavy atom. The highest BCUT2D eigenvalue weighted by molar-refractivity contribution is 5.88. The van der Waals surface area contributed by atoms with Crippen LogP contribution in [0.5, 0.6) is 0 Å². The molecule has 1 aliphatic heterocycles. The molecule has 200 valence electrons. The van der Waals surface area contributed by atoms with Crippen molar-refractivity contribution in [1.29, 1.82) is 0 Å². The zero-order chi connectivity index (χ0) is 27.2. The maximum absolute atomic E-state index is 13.7. The van der Waals surface area contributed by atoms with E-state index in [9.17, 15) is 14.7 Å². The van der Waals surface area contributed by atoms with Gasteiger partial charge in [0.15, 0.2) is 0 Å². The van der Waals surface area contributed by atoms with Crippen LogP contribution in [-0.4, -0.2) is 41.5 Å².